The topological polar surface area (TPSA) is 30.5 Å². The second-order valence-corrected chi connectivity index (χ2v) is 6.33. The van der Waals surface area contributed by atoms with Crippen molar-refractivity contribution >= 4 is 0 Å². The molecule has 0 amide bonds. The molecule has 2 aromatic carbocycles. The summed E-state index contributed by atoms with van der Waals surface area (Å²) in [6.07, 6.45) is 5.22. The van der Waals surface area contributed by atoms with Crippen molar-refractivity contribution in [3.05, 3.63) is 59.7 Å². The maximum Gasteiger partial charge on any atom is 0.161 e. The first kappa shape index (κ1) is 16.8. The molecule has 2 aromatic rings. The highest BCUT2D eigenvalue weighted by Crippen LogP contribution is 2.32. The predicted octanol–water partition coefficient (Wildman–Crippen LogP) is 4.70. The van der Waals surface area contributed by atoms with Crippen LogP contribution in [0.4, 0.5) is 0 Å². The zero-order valence-corrected chi connectivity index (χ0v) is 14.5. The van der Waals surface area contributed by atoms with Crippen molar-refractivity contribution in [3.8, 4) is 11.5 Å². The van der Waals surface area contributed by atoms with Gasteiger partial charge in [-0.2, -0.15) is 0 Å². The van der Waals surface area contributed by atoms with Crippen molar-refractivity contribution < 1.29 is 9.47 Å². The molecule has 3 heteroatoms. The number of ether oxygens (including phenoxy) is 2. The molecule has 0 saturated heterocycles. The second-order valence-electron chi connectivity index (χ2n) is 6.33. The molecule has 1 fully saturated rings. The Hall–Kier alpha value is -2.00. The van der Waals surface area contributed by atoms with Gasteiger partial charge in [0.2, 0.25) is 0 Å². The van der Waals surface area contributed by atoms with Gasteiger partial charge < -0.3 is 14.8 Å². The quantitative estimate of drug-likeness (QED) is 0.763. The molecule has 0 spiro atoms. The lowest BCUT2D eigenvalue weighted by Crippen LogP contribution is -2.14. The highest BCUT2D eigenvalue weighted by molar-refractivity contribution is 5.43. The minimum atomic E-state index is 0.353. The third kappa shape index (κ3) is 4.75. The van der Waals surface area contributed by atoms with Crippen molar-refractivity contribution in [2.45, 2.75) is 51.8 Å². The Labute approximate surface area is 145 Å². The van der Waals surface area contributed by atoms with Crippen molar-refractivity contribution in [1.29, 1.82) is 0 Å². The largest absolute Gasteiger partial charge is 0.490 e. The maximum absolute atomic E-state index is 6.14. The fraction of sp³-hybridized carbons (Fsp3) is 0.429. The van der Waals surface area contributed by atoms with Gasteiger partial charge in [0.05, 0.1) is 12.7 Å². The van der Waals surface area contributed by atoms with Gasteiger partial charge in [0.15, 0.2) is 11.5 Å². The Morgan fingerprint density at radius 1 is 0.917 bits per heavy atom. The predicted molar refractivity (Wildman–Crippen MR) is 97.5 cm³/mol. The summed E-state index contributed by atoms with van der Waals surface area (Å²) in [5.41, 5.74) is 2.51. The SMILES string of the molecule is CCOc1cc(CNCc2ccccc2)ccc1OC1CCCC1. The molecule has 128 valence electrons. The molecule has 1 N–H and O–H groups in total. The molecule has 3 rings (SSSR count). The van der Waals surface area contributed by atoms with Crippen LogP contribution in [0.1, 0.15) is 43.7 Å². The van der Waals surface area contributed by atoms with Gasteiger partial charge in [-0.05, 0) is 55.9 Å². The van der Waals surface area contributed by atoms with E-state index in [2.05, 4.69) is 47.8 Å². The highest BCUT2D eigenvalue weighted by Gasteiger charge is 2.18. The molecule has 1 saturated carbocycles. The van der Waals surface area contributed by atoms with E-state index >= 15 is 0 Å². The minimum Gasteiger partial charge on any atom is -0.490 e. The van der Waals surface area contributed by atoms with E-state index in [4.69, 9.17) is 9.47 Å². The molecule has 0 heterocycles. The van der Waals surface area contributed by atoms with Gasteiger partial charge in [-0.25, -0.2) is 0 Å². The van der Waals surface area contributed by atoms with Crippen LogP contribution in [0.25, 0.3) is 0 Å². The van der Waals surface area contributed by atoms with E-state index in [-0.39, 0.29) is 0 Å². The molecule has 0 unspecified atom stereocenters. The van der Waals surface area contributed by atoms with E-state index < -0.39 is 0 Å². The molecule has 0 atom stereocenters. The van der Waals surface area contributed by atoms with Crippen LogP contribution in [0.15, 0.2) is 48.5 Å². The summed E-state index contributed by atoms with van der Waals surface area (Å²) in [7, 11) is 0. The van der Waals surface area contributed by atoms with Gasteiger partial charge in [-0.3, -0.25) is 0 Å². The average molecular weight is 325 g/mol. The van der Waals surface area contributed by atoms with Crippen LogP contribution in [-0.2, 0) is 13.1 Å². The summed E-state index contributed by atoms with van der Waals surface area (Å²) in [5.74, 6) is 1.75. The van der Waals surface area contributed by atoms with Crippen molar-refractivity contribution in [2.75, 3.05) is 6.61 Å². The normalized spacial score (nSPS) is 14.7. The molecular weight excluding hydrogens is 298 g/mol. The van der Waals surface area contributed by atoms with Crippen LogP contribution >= 0.6 is 0 Å². The molecule has 0 aliphatic heterocycles. The van der Waals surface area contributed by atoms with E-state index in [9.17, 15) is 0 Å². The van der Waals surface area contributed by atoms with Gasteiger partial charge in [0.1, 0.15) is 0 Å². The van der Waals surface area contributed by atoms with E-state index in [0.717, 1.165) is 37.4 Å². The third-order valence-corrected chi connectivity index (χ3v) is 4.40. The number of nitrogens with one attached hydrogen (secondary N) is 1. The van der Waals surface area contributed by atoms with E-state index in [1.165, 1.54) is 24.0 Å². The molecule has 0 aromatic heterocycles. The molecule has 1 aliphatic carbocycles. The molecule has 0 bridgehead atoms. The summed E-state index contributed by atoms with van der Waals surface area (Å²) in [6.45, 7) is 4.35. The molecule has 0 radical (unpaired) electrons. The lowest BCUT2D eigenvalue weighted by Gasteiger charge is -2.17. The number of hydrogen-bond donors (Lipinski definition) is 1. The monoisotopic (exact) mass is 325 g/mol. The number of rotatable bonds is 8. The Bertz CT molecular complexity index is 621. The van der Waals surface area contributed by atoms with Crippen molar-refractivity contribution in [3.63, 3.8) is 0 Å². The van der Waals surface area contributed by atoms with Crippen LogP contribution in [0.3, 0.4) is 0 Å². The van der Waals surface area contributed by atoms with Crippen molar-refractivity contribution in [2.24, 2.45) is 0 Å². The number of hydrogen-bond acceptors (Lipinski definition) is 3. The second kappa shape index (κ2) is 8.74. The third-order valence-electron chi connectivity index (χ3n) is 4.40. The first-order valence-electron chi connectivity index (χ1n) is 9.02. The molecular formula is C21H27NO2. The lowest BCUT2D eigenvalue weighted by atomic mass is 10.1. The fourth-order valence-corrected chi connectivity index (χ4v) is 3.16. The van der Waals surface area contributed by atoms with Gasteiger partial charge in [0.25, 0.3) is 0 Å². The van der Waals surface area contributed by atoms with Crippen LogP contribution < -0.4 is 14.8 Å². The zero-order valence-electron chi connectivity index (χ0n) is 14.5. The Morgan fingerprint density at radius 3 is 2.42 bits per heavy atom. The van der Waals surface area contributed by atoms with Gasteiger partial charge in [-0.15, -0.1) is 0 Å². The number of benzene rings is 2. The van der Waals surface area contributed by atoms with E-state index in [0.29, 0.717) is 12.7 Å². The van der Waals surface area contributed by atoms with Crippen LogP contribution in [0.2, 0.25) is 0 Å². The van der Waals surface area contributed by atoms with Gasteiger partial charge >= 0.3 is 0 Å². The summed E-state index contributed by atoms with van der Waals surface area (Å²) < 4.78 is 11.9. The molecule has 3 nitrogen and oxygen atoms in total. The van der Waals surface area contributed by atoms with Crippen LogP contribution in [-0.4, -0.2) is 12.7 Å². The maximum atomic E-state index is 6.14. The van der Waals surface area contributed by atoms with Gasteiger partial charge in [-0.1, -0.05) is 36.4 Å². The van der Waals surface area contributed by atoms with Gasteiger partial charge in [0, 0.05) is 13.1 Å². The summed E-state index contributed by atoms with van der Waals surface area (Å²) >= 11 is 0. The summed E-state index contributed by atoms with van der Waals surface area (Å²) in [4.78, 5) is 0. The highest BCUT2D eigenvalue weighted by atomic mass is 16.5. The Balaban J connectivity index is 1.60. The van der Waals surface area contributed by atoms with Crippen LogP contribution in [0, 0.1) is 0 Å². The fourth-order valence-electron chi connectivity index (χ4n) is 3.16. The minimum absolute atomic E-state index is 0.353. The molecule has 24 heavy (non-hydrogen) atoms. The Morgan fingerprint density at radius 2 is 1.67 bits per heavy atom. The molecule has 1 aliphatic rings. The van der Waals surface area contributed by atoms with Crippen molar-refractivity contribution in [1.82, 2.24) is 5.32 Å². The first-order chi connectivity index (χ1) is 11.8. The summed E-state index contributed by atoms with van der Waals surface area (Å²) in [6, 6.07) is 16.7. The smallest absolute Gasteiger partial charge is 0.161 e. The van der Waals surface area contributed by atoms with E-state index in [1.54, 1.807) is 0 Å². The summed E-state index contributed by atoms with van der Waals surface area (Å²) in [5, 5.41) is 3.48. The first-order valence-corrected chi connectivity index (χ1v) is 9.02. The standard InChI is InChI=1S/C21H27NO2/c1-2-23-21-14-18(16-22-15-17-8-4-3-5-9-17)12-13-20(21)24-19-10-6-7-11-19/h3-5,8-9,12-14,19,22H,2,6-7,10-11,15-16H2,1H3. The van der Waals surface area contributed by atoms with E-state index in [1.807, 2.05) is 13.0 Å². The zero-order chi connectivity index (χ0) is 16.6. The van der Waals surface area contributed by atoms with Crippen LogP contribution in [0.5, 0.6) is 11.5 Å². The Kier molecular flexibility index (Phi) is 6.13. The average Bonchev–Trinajstić information content (AvgIpc) is 3.11. The lowest BCUT2D eigenvalue weighted by molar-refractivity contribution is 0.196.